The molecule has 1 fully saturated rings. The molecule has 1 saturated heterocycles. The predicted octanol–water partition coefficient (Wildman–Crippen LogP) is 1.67. The SMILES string of the molecule is O=C(c1cc(Cl)c2c(c1)OCO2)N1CC[NH+](Cc2ccsc2)CC1. The molecular weight excluding hydrogens is 348 g/mol. The van der Waals surface area contributed by atoms with Crippen LogP contribution in [0.15, 0.2) is 29.0 Å². The molecule has 24 heavy (non-hydrogen) atoms. The molecule has 3 heterocycles. The third-order valence-corrected chi connectivity index (χ3v) is 5.48. The van der Waals surface area contributed by atoms with Crippen LogP contribution in [0.25, 0.3) is 0 Å². The van der Waals surface area contributed by atoms with Gasteiger partial charge in [-0.25, -0.2) is 0 Å². The molecule has 0 spiro atoms. The number of nitrogens with zero attached hydrogens (tertiary/aromatic N) is 1. The maximum atomic E-state index is 12.7. The quantitative estimate of drug-likeness (QED) is 0.899. The summed E-state index contributed by atoms with van der Waals surface area (Å²) in [6.07, 6.45) is 0. The van der Waals surface area contributed by atoms with Crippen molar-refractivity contribution in [3.05, 3.63) is 45.1 Å². The maximum Gasteiger partial charge on any atom is 0.254 e. The minimum Gasteiger partial charge on any atom is -0.454 e. The Hall–Kier alpha value is -1.76. The Morgan fingerprint density at radius 3 is 2.88 bits per heavy atom. The molecule has 2 aromatic rings. The zero-order valence-electron chi connectivity index (χ0n) is 13.1. The summed E-state index contributed by atoms with van der Waals surface area (Å²) < 4.78 is 10.6. The first-order chi connectivity index (χ1) is 11.7. The van der Waals surface area contributed by atoms with Gasteiger partial charge in [-0.1, -0.05) is 11.6 Å². The molecule has 1 amide bonds. The van der Waals surface area contributed by atoms with Crippen molar-refractivity contribution in [1.29, 1.82) is 0 Å². The Bertz CT molecular complexity index is 743. The van der Waals surface area contributed by atoms with Gasteiger partial charge in [0.1, 0.15) is 6.54 Å². The molecule has 4 rings (SSSR count). The Kier molecular flexibility index (Phi) is 4.35. The van der Waals surface area contributed by atoms with Crippen LogP contribution in [0, 0.1) is 0 Å². The molecule has 2 aliphatic rings. The van der Waals surface area contributed by atoms with Crippen molar-refractivity contribution in [2.75, 3.05) is 33.0 Å². The van der Waals surface area contributed by atoms with Gasteiger partial charge in [-0.05, 0) is 29.0 Å². The second-order valence-corrected chi connectivity index (χ2v) is 7.23. The lowest BCUT2D eigenvalue weighted by Crippen LogP contribution is -3.13. The largest absolute Gasteiger partial charge is 0.454 e. The van der Waals surface area contributed by atoms with Gasteiger partial charge in [0.25, 0.3) is 5.91 Å². The van der Waals surface area contributed by atoms with Crippen LogP contribution in [-0.4, -0.2) is 43.8 Å². The summed E-state index contributed by atoms with van der Waals surface area (Å²) in [5.41, 5.74) is 1.93. The third kappa shape index (κ3) is 3.09. The molecule has 0 unspecified atom stereocenters. The van der Waals surface area contributed by atoms with Crippen molar-refractivity contribution in [3.8, 4) is 11.5 Å². The van der Waals surface area contributed by atoms with E-state index in [0.29, 0.717) is 22.1 Å². The number of thiophene rings is 1. The fourth-order valence-corrected chi connectivity index (χ4v) is 4.09. The Morgan fingerprint density at radius 1 is 1.29 bits per heavy atom. The Morgan fingerprint density at radius 2 is 2.12 bits per heavy atom. The molecule has 0 saturated carbocycles. The van der Waals surface area contributed by atoms with Crippen LogP contribution in [-0.2, 0) is 6.54 Å². The van der Waals surface area contributed by atoms with Gasteiger partial charge in [0, 0.05) is 11.1 Å². The molecule has 0 atom stereocenters. The van der Waals surface area contributed by atoms with Crippen LogP contribution in [0.1, 0.15) is 15.9 Å². The molecule has 5 nitrogen and oxygen atoms in total. The highest BCUT2D eigenvalue weighted by Crippen LogP contribution is 2.40. The summed E-state index contributed by atoms with van der Waals surface area (Å²) in [5.74, 6) is 1.08. The van der Waals surface area contributed by atoms with E-state index in [4.69, 9.17) is 21.1 Å². The number of fused-ring (bicyclic) bond motifs is 1. The Balaban J connectivity index is 1.40. The number of nitrogens with one attached hydrogen (secondary N) is 1. The second kappa shape index (κ2) is 6.63. The van der Waals surface area contributed by atoms with Gasteiger partial charge in [-0.2, -0.15) is 11.3 Å². The van der Waals surface area contributed by atoms with Gasteiger partial charge < -0.3 is 19.3 Å². The van der Waals surface area contributed by atoms with E-state index in [9.17, 15) is 4.79 Å². The van der Waals surface area contributed by atoms with Gasteiger partial charge in [0.05, 0.1) is 31.2 Å². The van der Waals surface area contributed by atoms with E-state index < -0.39 is 0 Å². The summed E-state index contributed by atoms with van der Waals surface area (Å²) in [5, 5.41) is 4.73. The number of rotatable bonds is 3. The van der Waals surface area contributed by atoms with E-state index in [-0.39, 0.29) is 12.7 Å². The van der Waals surface area contributed by atoms with Crippen molar-refractivity contribution in [2.45, 2.75) is 6.54 Å². The summed E-state index contributed by atoms with van der Waals surface area (Å²) in [6.45, 7) is 4.60. The minimum atomic E-state index is 0.00443. The molecule has 0 radical (unpaired) electrons. The zero-order valence-corrected chi connectivity index (χ0v) is 14.7. The number of piperazine rings is 1. The van der Waals surface area contributed by atoms with E-state index in [1.165, 1.54) is 10.5 Å². The maximum absolute atomic E-state index is 12.7. The van der Waals surface area contributed by atoms with Crippen LogP contribution >= 0.6 is 22.9 Å². The van der Waals surface area contributed by atoms with Crippen LogP contribution in [0.3, 0.4) is 0 Å². The molecule has 0 bridgehead atoms. The second-order valence-electron chi connectivity index (χ2n) is 6.04. The number of quaternary nitrogens is 1. The van der Waals surface area contributed by atoms with Crippen LogP contribution in [0.5, 0.6) is 11.5 Å². The highest BCUT2D eigenvalue weighted by atomic mass is 35.5. The number of amides is 1. The van der Waals surface area contributed by atoms with Crippen LogP contribution < -0.4 is 14.4 Å². The van der Waals surface area contributed by atoms with E-state index in [2.05, 4.69) is 16.8 Å². The van der Waals surface area contributed by atoms with Gasteiger partial charge in [-0.15, -0.1) is 0 Å². The van der Waals surface area contributed by atoms with Crippen molar-refractivity contribution >= 4 is 28.8 Å². The number of halogens is 1. The Labute approximate surface area is 149 Å². The summed E-state index contributed by atoms with van der Waals surface area (Å²) in [7, 11) is 0. The van der Waals surface area contributed by atoms with Crippen LogP contribution in [0.2, 0.25) is 5.02 Å². The normalized spacial score (nSPS) is 17.3. The fraction of sp³-hybridized carbons (Fsp3) is 0.353. The average Bonchev–Trinajstić information content (AvgIpc) is 3.26. The van der Waals surface area contributed by atoms with Gasteiger partial charge in [0.15, 0.2) is 11.5 Å². The summed E-state index contributed by atoms with van der Waals surface area (Å²) in [6, 6.07) is 5.56. The minimum absolute atomic E-state index is 0.00443. The molecular formula is C17H18ClN2O3S+. The molecule has 0 aliphatic carbocycles. The number of benzene rings is 1. The molecule has 2 aliphatic heterocycles. The molecule has 1 aromatic heterocycles. The zero-order chi connectivity index (χ0) is 16.5. The first-order valence-electron chi connectivity index (χ1n) is 7.94. The molecule has 1 aromatic carbocycles. The first-order valence-corrected chi connectivity index (χ1v) is 9.26. The first kappa shape index (κ1) is 15.7. The van der Waals surface area contributed by atoms with Gasteiger partial charge in [0.2, 0.25) is 6.79 Å². The van der Waals surface area contributed by atoms with E-state index >= 15 is 0 Å². The van der Waals surface area contributed by atoms with Crippen LogP contribution in [0.4, 0.5) is 0 Å². The van der Waals surface area contributed by atoms with E-state index in [1.54, 1.807) is 23.5 Å². The summed E-state index contributed by atoms with van der Waals surface area (Å²) >= 11 is 7.91. The highest BCUT2D eigenvalue weighted by Gasteiger charge is 2.27. The lowest BCUT2D eigenvalue weighted by Gasteiger charge is -2.32. The van der Waals surface area contributed by atoms with Crippen molar-refractivity contribution in [3.63, 3.8) is 0 Å². The standard InChI is InChI=1S/C17H17ClN2O3S/c18-14-7-13(8-15-16(14)23-11-22-15)17(21)20-4-2-19(3-5-20)9-12-1-6-24-10-12/h1,6-8,10H,2-5,9,11H2/p+1. The van der Waals surface area contributed by atoms with E-state index in [1.807, 2.05) is 4.90 Å². The fourth-order valence-electron chi connectivity index (χ4n) is 3.16. The lowest BCUT2D eigenvalue weighted by atomic mass is 10.1. The van der Waals surface area contributed by atoms with E-state index in [0.717, 1.165) is 32.7 Å². The smallest absolute Gasteiger partial charge is 0.254 e. The average molecular weight is 366 g/mol. The van der Waals surface area contributed by atoms with Gasteiger partial charge in [-0.3, -0.25) is 4.79 Å². The highest BCUT2D eigenvalue weighted by molar-refractivity contribution is 7.07. The monoisotopic (exact) mass is 365 g/mol. The molecule has 126 valence electrons. The van der Waals surface area contributed by atoms with Crippen molar-refractivity contribution < 1.29 is 19.2 Å². The number of hydrogen-bond acceptors (Lipinski definition) is 4. The molecule has 1 N–H and O–H groups in total. The summed E-state index contributed by atoms with van der Waals surface area (Å²) in [4.78, 5) is 16.1. The number of carbonyl (C=O) groups is 1. The van der Waals surface area contributed by atoms with Crippen molar-refractivity contribution in [2.24, 2.45) is 0 Å². The third-order valence-electron chi connectivity index (χ3n) is 4.47. The van der Waals surface area contributed by atoms with Gasteiger partial charge >= 0.3 is 0 Å². The topological polar surface area (TPSA) is 43.2 Å². The number of ether oxygens (including phenoxy) is 2. The van der Waals surface area contributed by atoms with Crippen molar-refractivity contribution in [1.82, 2.24) is 4.90 Å². The number of hydrogen-bond donors (Lipinski definition) is 1. The predicted molar refractivity (Wildman–Crippen MR) is 92.2 cm³/mol. The molecule has 7 heteroatoms. The lowest BCUT2D eigenvalue weighted by molar-refractivity contribution is -0.917. The number of carbonyl (C=O) groups excluding carboxylic acids is 1.